The van der Waals surface area contributed by atoms with E-state index in [9.17, 15) is 0 Å². The van der Waals surface area contributed by atoms with E-state index in [-0.39, 0.29) is 0 Å². The number of nitrogens with one attached hydrogen (secondary N) is 1. The van der Waals surface area contributed by atoms with Crippen molar-refractivity contribution in [3.05, 3.63) is 12.7 Å². The van der Waals surface area contributed by atoms with Gasteiger partial charge in [0.15, 0.2) is 0 Å². The molecule has 0 aliphatic carbocycles. The zero-order valence-corrected chi connectivity index (χ0v) is 10.6. The summed E-state index contributed by atoms with van der Waals surface area (Å²) in [5.74, 6) is 0. The Morgan fingerprint density at radius 3 is 3.12 bits per heavy atom. The van der Waals surface area contributed by atoms with Gasteiger partial charge in [-0.25, -0.2) is 0 Å². The molecule has 16 heavy (non-hydrogen) atoms. The van der Waals surface area contributed by atoms with Crippen LogP contribution in [0.25, 0.3) is 0 Å². The lowest BCUT2D eigenvalue weighted by atomic mass is 10.2. The standard InChI is InChI=1S/C13H26N2O/c1-3-5-10-16-11-9-15-8-6-7-14-13(4-2)12-15/h3,13-14H,1,4-12H2,2H3. The van der Waals surface area contributed by atoms with Crippen LogP contribution in [0.5, 0.6) is 0 Å². The Morgan fingerprint density at radius 1 is 1.50 bits per heavy atom. The first-order valence-corrected chi connectivity index (χ1v) is 6.51. The molecule has 3 nitrogen and oxygen atoms in total. The van der Waals surface area contributed by atoms with Crippen molar-refractivity contribution < 1.29 is 4.74 Å². The van der Waals surface area contributed by atoms with E-state index in [0.717, 1.165) is 32.7 Å². The van der Waals surface area contributed by atoms with Crippen molar-refractivity contribution in [2.24, 2.45) is 0 Å². The first kappa shape index (κ1) is 13.7. The van der Waals surface area contributed by atoms with Crippen molar-refractivity contribution in [1.82, 2.24) is 10.2 Å². The average molecular weight is 226 g/mol. The van der Waals surface area contributed by atoms with E-state index < -0.39 is 0 Å². The molecule has 0 aromatic heterocycles. The molecule has 0 saturated carbocycles. The van der Waals surface area contributed by atoms with E-state index in [1.807, 2.05) is 6.08 Å². The minimum absolute atomic E-state index is 0.663. The van der Waals surface area contributed by atoms with Gasteiger partial charge in [0.25, 0.3) is 0 Å². The van der Waals surface area contributed by atoms with Crippen LogP contribution in [0.4, 0.5) is 0 Å². The van der Waals surface area contributed by atoms with Gasteiger partial charge >= 0.3 is 0 Å². The largest absolute Gasteiger partial charge is 0.380 e. The average Bonchev–Trinajstić information content (AvgIpc) is 2.54. The Labute approximate surface area is 99.8 Å². The molecule has 1 unspecified atom stereocenters. The number of rotatable bonds is 7. The third-order valence-corrected chi connectivity index (χ3v) is 3.07. The Kier molecular flexibility index (Phi) is 7.47. The summed E-state index contributed by atoms with van der Waals surface area (Å²) < 4.78 is 5.55. The second kappa shape index (κ2) is 8.74. The molecule has 3 heteroatoms. The smallest absolute Gasteiger partial charge is 0.0593 e. The highest BCUT2D eigenvalue weighted by atomic mass is 16.5. The molecule has 0 aromatic carbocycles. The lowest BCUT2D eigenvalue weighted by molar-refractivity contribution is 0.106. The van der Waals surface area contributed by atoms with Gasteiger partial charge in [0.2, 0.25) is 0 Å². The zero-order valence-electron chi connectivity index (χ0n) is 10.6. The van der Waals surface area contributed by atoms with Crippen molar-refractivity contribution >= 4 is 0 Å². The van der Waals surface area contributed by atoms with Gasteiger partial charge in [-0.2, -0.15) is 0 Å². The van der Waals surface area contributed by atoms with Gasteiger partial charge in [0.1, 0.15) is 0 Å². The molecule has 94 valence electrons. The lowest BCUT2D eigenvalue weighted by Crippen LogP contribution is -2.38. The van der Waals surface area contributed by atoms with Crippen LogP contribution in [0.3, 0.4) is 0 Å². The SMILES string of the molecule is C=CCCOCCN1CCCNC(CC)C1. The monoisotopic (exact) mass is 226 g/mol. The quantitative estimate of drug-likeness (QED) is 0.528. The molecular formula is C13H26N2O. The van der Waals surface area contributed by atoms with Gasteiger partial charge < -0.3 is 10.1 Å². The molecule has 1 N–H and O–H groups in total. The maximum Gasteiger partial charge on any atom is 0.0593 e. The van der Waals surface area contributed by atoms with Gasteiger partial charge in [-0.05, 0) is 32.4 Å². The summed E-state index contributed by atoms with van der Waals surface area (Å²) in [6.07, 6.45) is 5.33. The fraction of sp³-hybridized carbons (Fsp3) is 0.846. The number of hydrogen-bond donors (Lipinski definition) is 1. The minimum atomic E-state index is 0.663. The van der Waals surface area contributed by atoms with E-state index in [2.05, 4.69) is 23.7 Å². The van der Waals surface area contributed by atoms with E-state index >= 15 is 0 Å². The van der Waals surface area contributed by atoms with Crippen molar-refractivity contribution in [3.8, 4) is 0 Å². The summed E-state index contributed by atoms with van der Waals surface area (Å²) in [6.45, 7) is 12.2. The van der Waals surface area contributed by atoms with Crippen LogP contribution < -0.4 is 5.32 Å². The summed E-state index contributed by atoms with van der Waals surface area (Å²) in [4.78, 5) is 2.52. The van der Waals surface area contributed by atoms with Crippen LogP contribution in [-0.2, 0) is 4.74 Å². The van der Waals surface area contributed by atoms with E-state index in [1.165, 1.54) is 25.9 Å². The summed E-state index contributed by atoms with van der Waals surface area (Å²) in [5.41, 5.74) is 0. The highest BCUT2D eigenvalue weighted by Gasteiger charge is 2.15. The van der Waals surface area contributed by atoms with Crippen molar-refractivity contribution in [3.63, 3.8) is 0 Å². The first-order chi connectivity index (χ1) is 7.86. The molecule has 1 aliphatic rings. The lowest BCUT2D eigenvalue weighted by Gasteiger charge is -2.23. The summed E-state index contributed by atoms with van der Waals surface area (Å²) >= 11 is 0. The third-order valence-electron chi connectivity index (χ3n) is 3.07. The summed E-state index contributed by atoms with van der Waals surface area (Å²) in [5, 5.41) is 3.58. The van der Waals surface area contributed by atoms with Crippen molar-refractivity contribution in [2.75, 3.05) is 39.4 Å². The third kappa shape index (κ3) is 5.64. The van der Waals surface area contributed by atoms with Crippen molar-refractivity contribution in [1.29, 1.82) is 0 Å². The molecular weight excluding hydrogens is 200 g/mol. The van der Waals surface area contributed by atoms with Crippen LogP contribution in [0.1, 0.15) is 26.2 Å². The molecule has 1 aliphatic heterocycles. The maximum atomic E-state index is 5.55. The number of hydrogen-bond acceptors (Lipinski definition) is 3. The highest BCUT2D eigenvalue weighted by molar-refractivity contribution is 4.75. The summed E-state index contributed by atoms with van der Waals surface area (Å²) in [7, 11) is 0. The van der Waals surface area contributed by atoms with Gasteiger partial charge in [0, 0.05) is 19.1 Å². The van der Waals surface area contributed by atoms with Gasteiger partial charge in [-0.1, -0.05) is 13.0 Å². The van der Waals surface area contributed by atoms with Gasteiger partial charge in [-0.15, -0.1) is 6.58 Å². The Hall–Kier alpha value is -0.380. The Morgan fingerprint density at radius 2 is 2.38 bits per heavy atom. The fourth-order valence-corrected chi connectivity index (χ4v) is 2.02. The Balaban J connectivity index is 2.11. The van der Waals surface area contributed by atoms with E-state index in [4.69, 9.17) is 4.74 Å². The van der Waals surface area contributed by atoms with E-state index in [0.29, 0.717) is 6.04 Å². The number of ether oxygens (including phenoxy) is 1. The van der Waals surface area contributed by atoms with Crippen LogP contribution in [0.2, 0.25) is 0 Å². The van der Waals surface area contributed by atoms with Crippen LogP contribution in [0, 0.1) is 0 Å². The highest BCUT2D eigenvalue weighted by Crippen LogP contribution is 2.03. The summed E-state index contributed by atoms with van der Waals surface area (Å²) in [6, 6.07) is 0.663. The van der Waals surface area contributed by atoms with Gasteiger partial charge in [0.05, 0.1) is 13.2 Å². The Bertz CT molecular complexity index is 185. The number of nitrogens with zero attached hydrogens (tertiary/aromatic N) is 1. The maximum absolute atomic E-state index is 5.55. The molecule has 0 bridgehead atoms. The van der Waals surface area contributed by atoms with Crippen LogP contribution in [-0.4, -0.2) is 50.3 Å². The second-order valence-electron chi connectivity index (χ2n) is 4.40. The van der Waals surface area contributed by atoms with E-state index in [1.54, 1.807) is 0 Å². The normalized spacial score (nSPS) is 22.9. The predicted molar refractivity (Wildman–Crippen MR) is 68.8 cm³/mol. The molecule has 0 spiro atoms. The molecule has 0 aromatic rings. The molecule has 0 amide bonds. The first-order valence-electron chi connectivity index (χ1n) is 6.51. The molecule has 1 fully saturated rings. The molecule has 0 radical (unpaired) electrons. The molecule has 1 atom stereocenters. The topological polar surface area (TPSA) is 24.5 Å². The molecule has 1 saturated heterocycles. The predicted octanol–water partition coefficient (Wildman–Crippen LogP) is 1.65. The van der Waals surface area contributed by atoms with Crippen LogP contribution >= 0.6 is 0 Å². The minimum Gasteiger partial charge on any atom is -0.380 e. The zero-order chi connectivity index (χ0) is 11.6. The van der Waals surface area contributed by atoms with Crippen molar-refractivity contribution in [2.45, 2.75) is 32.2 Å². The molecule has 1 rings (SSSR count). The second-order valence-corrected chi connectivity index (χ2v) is 4.40. The fourth-order valence-electron chi connectivity index (χ4n) is 2.02. The molecule has 1 heterocycles. The van der Waals surface area contributed by atoms with Crippen LogP contribution in [0.15, 0.2) is 12.7 Å². The van der Waals surface area contributed by atoms with Gasteiger partial charge in [-0.3, -0.25) is 4.90 Å².